The molecule has 0 spiro atoms. The van der Waals surface area contributed by atoms with Crippen molar-refractivity contribution >= 4 is 64.1 Å². The lowest BCUT2D eigenvalue weighted by atomic mass is 10.2. The maximum Gasteiger partial charge on any atom is 0.424 e. The summed E-state index contributed by atoms with van der Waals surface area (Å²) in [4.78, 5) is 15.7. The molecular formula is C23H28Cl2N3O3PS. The standard InChI is InChI=1S/C23H28Cl2N3O3PS/c1-5-26(6-2)17-8-10-22-21(12-17)31-23(29)28(18-7-9-19(24)20(25)11-18)32(22,33)27-13-15(3)30-16(4)14-27/h7-12,15-16H,5-6,13-14H2,1-4H3. The predicted molar refractivity (Wildman–Crippen MR) is 140 cm³/mol. The summed E-state index contributed by atoms with van der Waals surface area (Å²) in [5.41, 5.74) is 1.57. The molecule has 0 aliphatic carbocycles. The van der Waals surface area contributed by atoms with Gasteiger partial charge in [0, 0.05) is 37.9 Å². The molecule has 4 rings (SSSR count). The highest BCUT2D eigenvalue weighted by Gasteiger charge is 2.47. The van der Waals surface area contributed by atoms with Gasteiger partial charge in [0.05, 0.1) is 33.2 Å². The monoisotopic (exact) mass is 527 g/mol. The first-order valence-corrected chi connectivity index (χ1v) is 14.5. The molecule has 0 radical (unpaired) electrons. The van der Waals surface area contributed by atoms with Gasteiger partial charge in [-0.05, 0) is 58.0 Å². The summed E-state index contributed by atoms with van der Waals surface area (Å²) in [5.74, 6) is 0.524. The number of carbonyl (C=O) groups is 1. The number of fused-ring (bicyclic) bond motifs is 1. The summed E-state index contributed by atoms with van der Waals surface area (Å²) < 4.78 is 15.7. The van der Waals surface area contributed by atoms with E-state index in [9.17, 15) is 4.79 Å². The maximum atomic E-state index is 13.5. The van der Waals surface area contributed by atoms with Gasteiger partial charge in [0.1, 0.15) is 12.1 Å². The molecule has 2 heterocycles. The second-order valence-electron chi connectivity index (χ2n) is 8.28. The highest BCUT2D eigenvalue weighted by atomic mass is 35.5. The number of hydrogen-bond acceptors (Lipinski definition) is 5. The molecular weight excluding hydrogens is 500 g/mol. The minimum atomic E-state index is -2.82. The summed E-state index contributed by atoms with van der Waals surface area (Å²) in [6.07, 6.45) is -3.35. The van der Waals surface area contributed by atoms with E-state index in [1.165, 1.54) is 0 Å². The Morgan fingerprint density at radius 1 is 1.06 bits per heavy atom. The van der Waals surface area contributed by atoms with Crippen LogP contribution >= 0.6 is 29.5 Å². The molecule has 0 bridgehead atoms. The number of hydrogen-bond donors (Lipinski definition) is 0. The second-order valence-corrected chi connectivity index (χ2v) is 13.2. The zero-order chi connectivity index (χ0) is 23.9. The van der Waals surface area contributed by atoms with Crippen LogP contribution < -0.4 is 19.6 Å². The number of amides is 1. The fourth-order valence-electron chi connectivity index (χ4n) is 4.50. The van der Waals surface area contributed by atoms with Gasteiger partial charge >= 0.3 is 6.09 Å². The molecule has 10 heteroatoms. The molecule has 1 fully saturated rings. The van der Waals surface area contributed by atoms with Gasteiger partial charge in [-0.1, -0.05) is 35.0 Å². The number of anilines is 2. The lowest BCUT2D eigenvalue weighted by Gasteiger charge is -2.48. The molecule has 0 N–H and O–H groups in total. The first kappa shape index (κ1) is 24.8. The van der Waals surface area contributed by atoms with Gasteiger partial charge in [-0.3, -0.25) is 4.67 Å². The topological polar surface area (TPSA) is 45.2 Å². The summed E-state index contributed by atoms with van der Waals surface area (Å²) in [7, 11) is 0. The summed E-state index contributed by atoms with van der Waals surface area (Å²) >= 11 is 19.0. The Bertz CT molecular complexity index is 1100. The van der Waals surface area contributed by atoms with Gasteiger partial charge in [0.25, 0.3) is 0 Å². The van der Waals surface area contributed by atoms with E-state index in [1.54, 1.807) is 22.9 Å². The van der Waals surface area contributed by atoms with Crippen LogP contribution in [-0.4, -0.2) is 49.2 Å². The van der Waals surface area contributed by atoms with Crippen molar-refractivity contribution in [2.75, 3.05) is 35.7 Å². The van der Waals surface area contributed by atoms with Crippen molar-refractivity contribution in [3.05, 3.63) is 46.4 Å². The Balaban J connectivity index is 1.90. The minimum absolute atomic E-state index is 0.0134. The molecule has 2 aliphatic rings. The molecule has 0 aromatic heterocycles. The van der Waals surface area contributed by atoms with E-state index in [1.807, 2.05) is 26.0 Å². The zero-order valence-corrected chi connectivity index (χ0v) is 22.3. The summed E-state index contributed by atoms with van der Waals surface area (Å²) in [6, 6.07) is 11.1. The third-order valence-corrected chi connectivity index (χ3v) is 11.5. The molecule has 1 saturated heterocycles. The van der Waals surface area contributed by atoms with Gasteiger partial charge < -0.3 is 14.4 Å². The van der Waals surface area contributed by atoms with Crippen LogP contribution in [0.4, 0.5) is 16.2 Å². The van der Waals surface area contributed by atoms with Crippen molar-refractivity contribution in [2.24, 2.45) is 0 Å². The fraction of sp³-hybridized carbons (Fsp3) is 0.435. The molecule has 6 nitrogen and oxygen atoms in total. The van der Waals surface area contributed by atoms with E-state index in [0.717, 1.165) is 24.1 Å². The number of morpholine rings is 1. The Kier molecular flexibility index (Phi) is 7.30. The number of benzene rings is 2. The normalized spacial score (nSPS) is 25.5. The Morgan fingerprint density at radius 3 is 2.33 bits per heavy atom. The zero-order valence-electron chi connectivity index (χ0n) is 19.1. The molecule has 3 unspecified atom stereocenters. The van der Waals surface area contributed by atoms with Crippen molar-refractivity contribution in [3.63, 3.8) is 0 Å². The van der Waals surface area contributed by atoms with Crippen LogP contribution in [0, 0.1) is 0 Å². The third kappa shape index (κ3) is 4.52. The van der Waals surface area contributed by atoms with Crippen molar-refractivity contribution in [1.29, 1.82) is 0 Å². The molecule has 178 valence electrons. The Labute approximate surface area is 210 Å². The second kappa shape index (κ2) is 9.73. The van der Waals surface area contributed by atoms with Crippen molar-refractivity contribution in [1.82, 2.24) is 4.67 Å². The van der Waals surface area contributed by atoms with Gasteiger partial charge in [0.2, 0.25) is 0 Å². The minimum Gasteiger partial charge on any atom is -0.409 e. The summed E-state index contributed by atoms with van der Waals surface area (Å²) in [6.45, 7) is 11.2. The van der Waals surface area contributed by atoms with Gasteiger partial charge in [-0.15, -0.1) is 0 Å². The average Bonchev–Trinajstić information content (AvgIpc) is 2.76. The Morgan fingerprint density at radius 2 is 1.73 bits per heavy atom. The van der Waals surface area contributed by atoms with Crippen LogP contribution in [0.2, 0.25) is 10.0 Å². The van der Waals surface area contributed by atoms with Crippen LogP contribution in [-0.2, 0) is 16.5 Å². The molecule has 2 aliphatic heterocycles. The van der Waals surface area contributed by atoms with Crippen LogP contribution in [0.25, 0.3) is 0 Å². The number of halogens is 2. The molecule has 1 amide bonds. The van der Waals surface area contributed by atoms with Crippen LogP contribution in [0.3, 0.4) is 0 Å². The van der Waals surface area contributed by atoms with Crippen molar-refractivity contribution < 1.29 is 14.3 Å². The van der Waals surface area contributed by atoms with E-state index in [-0.39, 0.29) is 12.2 Å². The van der Waals surface area contributed by atoms with Crippen molar-refractivity contribution in [3.8, 4) is 5.75 Å². The highest BCUT2D eigenvalue weighted by Crippen LogP contribution is 2.60. The predicted octanol–water partition coefficient (Wildman–Crippen LogP) is 5.90. The smallest absolute Gasteiger partial charge is 0.409 e. The maximum absolute atomic E-state index is 13.5. The van der Waals surface area contributed by atoms with E-state index >= 15 is 0 Å². The van der Waals surface area contributed by atoms with Crippen LogP contribution in [0.1, 0.15) is 27.7 Å². The van der Waals surface area contributed by atoms with Crippen LogP contribution in [0.15, 0.2) is 36.4 Å². The molecule has 2 aromatic rings. The Hall–Kier alpha value is -1.34. The van der Waals surface area contributed by atoms with Crippen molar-refractivity contribution in [2.45, 2.75) is 39.9 Å². The largest absolute Gasteiger partial charge is 0.424 e. The molecule has 2 aromatic carbocycles. The summed E-state index contributed by atoms with van der Waals surface area (Å²) in [5, 5.41) is 1.62. The molecule has 3 atom stereocenters. The molecule has 0 saturated carbocycles. The van der Waals surface area contributed by atoms with E-state index in [4.69, 9.17) is 44.5 Å². The SMILES string of the molecule is CCN(CC)c1ccc2c(c1)OC(=O)N(c1ccc(Cl)c(Cl)c1)P2(=S)N1CC(C)OC(C)C1. The van der Waals surface area contributed by atoms with Gasteiger partial charge in [-0.2, -0.15) is 0 Å². The van der Waals surface area contributed by atoms with Crippen LogP contribution in [0.5, 0.6) is 5.75 Å². The third-order valence-electron chi connectivity index (χ3n) is 5.96. The highest BCUT2D eigenvalue weighted by molar-refractivity contribution is 8.18. The van der Waals surface area contributed by atoms with E-state index < -0.39 is 12.4 Å². The number of ether oxygens (including phenoxy) is 2. The van der Waals surface area contributed by atoms with Gasteiger partial charge in [-0.25, -0.2) is 9.46 Å². The quantitative estimate of drug-likeness (QED) is 0.451. The molecule has 33 heavy (non-hydrogen) atoms. The average molecular weight is 528 g/mol. The first-order chi connectivity index (χ1) is 15.7. The number of carbonyl (C=O) groups excluding carboxylic acids is 1. The first-order valence-electron chi connectivity index (χ1n) is 11.1. The number of nitrogens with zero attached hydrogens (tertiary/aromatic N) is 3. The lowest BCUT2D eigenvalue weighted by Crippen LogP contribution is -2.52. The number of rotatable bonds is 5. The van der Waals surface area contributed by atoms with E-state index in [2.05, 4.69) is 29.5 Å². The van der Waals surface area contributed by atoms with E-state index in [0.29, 0.717) is 34.6 Å². The fourth-order valence-corrected chi connectivity index (χ4v) is 9.17. The van der Waals surface area contributed by atoms with Gasteiger partial charge in [0.15, 0.2) is 0 Å². The lowest BCUT2D eigenvalue weighted by molar-refractivity contribution is -0.0432.